The van der Waals surface area contributed by atoms with Crippen LogP contribution in [0.5, 0.6) is 11.5 Å². The molecule has 108 valence electrons. The van der Waals surface area contributed by atoms with Gasteiger partial charge in [0.05, 0.1) is 33.4 Å². The molecule has 0 fully saturated rings. The summed E-state index contributed by atoms with van der Waals surface area (Å²) in [7, 11) is 2.89. The molecule has 0 spiro atoms. The largest absolute Gasteiger partial charge is 0.493 e. The van der Waals surface area contributed by atoms with E-state index in [1.54, 1.807) is 12.1 Å². The Morgan fingerprint density at radius 3 is 2.32 bits per heavy atom. The van der Waals surface area contributed by atoms with Crippen LogP contribution in [-0.4, -0.2) is 38.7 Å². The average Bonchev–Trinajstić information content (AvgIpc) is 2.37. The third-order valence-corrected chi connectivity index (χ3v) is 2.54. The molecule has 1 rings (SSSR count). The molecule has 0 aliphatic heterocycles. The number of benzene rings is 1. The number of ether oxygens (including phenoxy) is 2. The van der Waals surface area contributed by atoms with Gasteiger partial charge in [-0.2, -0.15) is 13.2 Å². The predicted octanol–water partition coefficient (Wildman–Crippen LogP) is 1.89. The maximum atomic E-state index is 12.1. The van der Waals surface area contributed by atoms with Crippen LogP contribution >= 0.6 is 0 Å². The summed E-state index contributed by atoms with van der Waals surface area (Å²) in [6, 6.07) is 3.86. The number of alkyl halides is 3. The van der Waals surface area contributed by atoms with Gasteiger partial charge >= 0.3 is 6.18 Å². The average molecular weight is 279 g/mol. The van der Waals surface area contributed by atoms with Gasteiger partial charge in [-0.1, -0.05) is 6.07 Å². The number of rotatable bonds is 6. The first-order valence-electron chi connectivity index (χ1n) is 5.54. The van der Waals surface area contributed by atoms with Crippen molar-refractivity contribution in [3.05, 3.63) is 23.8 Å². The summed E-state index contributed by atoms with van der Waals surface area (Å²) in [5.74, 6) is 0.867. The number of aliphatic hydroxyl groups excluding tert-OH is 1. The van der Waals surface area contributed by atoms with Gasteiger partial charge in [-0.25, -0.2) is 0 Å². The molecule has 4 nitrogen and oxygen atoms in total. The third kappa shape index (κ3) is 4.60. The Labute approximate surface area is 109 Å². The van der Waals surface area contributed by atoms with Crippen LogP contribution in [-0.2, 0) is 0 Å². The van der Waals surface area contributed by atoms with Crippen molar-refractivity contribution in [1.29, 1.82) is 0 Å². The second kappa shape index (κ2) is 6.63. The van der Waals surface area contributed by atoms with Crippen molar-refractivity contribution >= 4 is 0 Å². The summed E-state index contributed by atoms with van der Waals surface area (Å²) in [5.41, 5.74) is 0.490. The first-order chi connectivity index (χ1) is 8.91. The van der Waals surface area contributed by atoms with E-state index in [1.807, 2.05) is 0 Å². The van der Waals surface area contributed by atoms with Crippen molar-refractivity contribution in [3.63, 3.8) is 0 Å². The minimum atomic E-state index is -4.33. The van der Waals surface area contributed by atoms with Crippen LogP contribution in [0.2, 0.25) is 0 Å². The molecular formula is C12H16F3NO3. The van der Waals surface area contributed by atoms with Gasteiger partial charge in [0.1, 0.15) is 0 Å². The fourth-order valence-electron chi connectivity index (χ4n) is 1.60. The standard InChI is InChI=1S/C12H16F3NO3/c1-18-10-4-3-8(5-11(10)19-2)9(6-17)16-7-12(13,14)15/h3-5,9,16-17H,6-7H2,1-2H3. The van der Waals surface area contributed by atoms with E-state index in [0.717, 1.165) is 0 Å². The summed E-state index contributed by atoms with van der Waals surface area (Å²) in [4.78, 5) is 0. The molecule has 0 heterocycles. The molecule has 0 bridgehead atoms. The molecule has 0 aliphatic carbocycles. The number of hydrogen-bond donors (Lipinski definition) is 2. The second-order valence-electron chi connectivity index (χ2n) is 3.85. The molecule has 19 heavy (non-hydrogen) atoms. The zero-order chi connectivity index (χ0) is 14.5. The highest BCUT2D eigenvalue weighted by Gasteiger charge is 2.28. The lowest BCUT2D eigenvalue weighted by Gasteiger charge is -2.19. The second-order valence-corrected chi connectivity index (χ2v) is 3.85. The molecule has 1 aromatic carbocycles. The molecule has 0 saturated heterocycles. The molecule has 0 aromatic heterocycles. The highest BCUT2D eigenvalue weighted by molar-refractivity contribution is 5.43. The van der Waals surface area contributed by atoms with Crippen molar-refractivity contribution < 1.29 is 27.8 Å². The Morgan fingerprint density at radius 2 is 1.84 bits per heavy atom. The summed E-state index contributed by atoms with van der Waals surface area (Å²) in [5, 5.41) is 11.4. The quantitative estimate of drug-likeness (QED) is 0.835. The minimum Gasteiger partial charge on any atom is -0.493 e. The van der Waals surface area contributed by atoms with Crippen LogP contribution in [0, 0.1) is 0 Å². The molecule has 1 aromatic rings. The monoisotopic (exact) mass is 279 g/mol. The number of halogens is 3. The lowest BCUT2D eigenvalue weighted by atomic mass is 10.1. The molecule has 0 amide bonds. The Hall–Kier alpha value is -1.47. The predicted molar refractivity (Wildman–Crippen MR) is 63.4 cm³/mol. The fraction of sp³-hybridized carbons (Fsp3) is 0.500. The van der Waals surface area contributed by atoms with Gasteiger partial charge in [0.2, 0.25) is 0 Å². The van der Waals surface area contributed by atoms with E-state index in [0.29, 0.717) is 17.1 Å². The maximum absolute atomic E-state index is 12.1. The highest BCUT2D eigenvalue weighted by Crippen LogP contribution is 2.30. The zero-order valence-electron chi connectivity index (χ0n) is 10.6. The van der Waals surface area contributed by atoms with E-state index in [4.69, 9.17) is 14.6 Å². The first kappa shape index (κ1) is 15.6. The van der Waals surface area contributed by atoms with Gasteiger partial charge in [0.25, 0.3) is 0 Å². The van der Waals surface area contributed by atoms with E-state index in [-0.39, 0.29) is 0 Å². The highest BCUT2D eigenvalue weighted by atomic mass is 19.4. The molecule has 7 heteroatoms. The van der Waals surface area contributed by atoms with Gasteiger partial charge < -0.3 is 14.6 Å². The van der Waals surface area contributed by atoms with Crippen molar-refractivity contribution in [3.8, 4) is 11.5 Å². The normalized spacial score (nSPS) is 13.2. The molecule has 0 saturated carbocycles. The lowest BCUT2D eigenvalue weighted by Crippen LogP contribution is -2.33. The third-order valence-electron chi connectivity index (χ3n) is 2.54. The van der Waals surface area contributed by atoms with Gasteiger partial charge in [-0.05, 0) is 17.7 Å². The number of methoxy groups -OCH3 is 2. The molecule has 2 N–H and O–H groups in total. The van der Waals surface area contributed by atoms with Crippen molar-refractivity contribution in [2.75, 3.05) is 27.4 Å². The topological polar surface area (TPSA) is 50.7 Å². The van der Waals surface area contributed by atoms with Crippen LogP contribution in [0.4, 0.5) is 13.2 Å². The smallest absolute Gasteiger partial charge is 0.401 e. The number of hydrogen-bond acceptors (Lipinski definition) is 4. The summed E-state index contributed by atoms with van der Waals surface area (Å²) in [6.07, 6.45) is -4.33. The van der Waals surface area contributed by atoms with Crippen LogP contribution in [0.1, 0.15) is 11.6 Å². The van der Waals surface area contributed by atoms with Gasteiger partial charge in [0.15, 0.2) is 11.5 Å². The van der Waals surface area contributed by atoms with Crippen LogP contribution < -0.4 is 14.8 Å². The van der Waals surface area contributed by atoms with Crippen molar-refractivity contribution in [1.82, 2.24) is 5.32 Å². The van der Waals surface area contributed by atoms with Crippen LogP contribution in [0.15, 0.2) is 18.2 Å². The van der Waals surface area contributed by atoms with E-state index in [1.165, 1.54) is 20.3 Å². The molecule has 0 radical (unpaired) electrons. The molecule has 0 aliphatic rings. The van der Waals surface area contributed by atoms with E-state index >= 15 is 0 Å². The van der Waals surface area contributed by atoms with Gasteiger partial charge in [0, 0.05) is 0 Å². The van der Waals surface area contributed by atoms with Crippen molar-refractivity contribution in [2.45, 2.75) is 12.2 Å². The van der Waals surface area contributed by atoms with Gasteiger partial charge in [-0.15, -0.1) is 0 Å². The first-order valence-corrected chi connectivity index (χ1v) is 5.54. The van der Waals surface area contributed by atoms with E-state index in [2.05, 4.69) is 5.32 Å². The van der Waals surface area contributed by atoms with Crippen LogP contribution in [0.3, 0.4) is 0 Å². The fourth-order valence-corrected chi connectivity index (χ4v) is 1.60. The number of nitrogens with one attached hydrogen (secondary N) is 1. The van der Waals surface area contributed by atoms with Gasteiger partial charge in [-0.3, -0.25) is 5.32 Å². The zero-order valence-corrected chi connectivity index (χ0v) is 10.6. The summed E-state index contributed by atoms with van der Waals surface area (Å²) < 4.78 is 46.5. The van der Waals surface area contributed by atoms with E-state index in [9.17, 15) is 13.2 Å². The minimum absolute atomic E-state index is 0.396. The summed E-state index contributed by atoms with van der Waals surface area (Å²) >= 11 is 0. The molecule has 1 atom stereocenters. The Bertz CT molecular complexity index is 410. The summed E-state index contributed by atoms with van der Waals surface area (Å²) in [6.45, 7) is -1.63. The lowest BCUT2D eigenvalue weighted by molar-refractivity contribution is -0.126. The van der Waals surface area contributed by atoms with E-state index < -0.39 is 25.4 Å². The Morgan fingerprint density at radius 1 is 1.21 bits per heavy atom. The van der Waals surface area contributed by atoms with Crippen molar-refractivity contribution in [2.24, 2.45) is 0 Å². The van der Waals surface area contributed by atoms with Crippen LogP contribution in [0.25, 0.3) is 0 Å². The number of aliphatic hydroxyl groups is 1. The Kier molecular flexibility index (Phi) is 5.44. The molecule has 1 unspecified atom stereocenters. The SMILES string of the molecule is COc1ccc(C(CO)NCC(F)(F)F)cc1OC. The maximum Gasteiger partial charge on any atom is 0.401 e. The molecular weight excluding hydrogens is 263 g/mol. The Balaban J connectivity index is 2.86.